The Morgan fingerprint density at radius 3 is 3.07 bits per heavy atom. The topological polar surface area (TPSA) is 83.8 Å². The molecule has 14 heavy (non-hydrogen) atoms. The Hall–Kier alpha value is -2.11. The number of aromatic amines is 1. The van der Waals surface area contributed by atoms with Crippen LogP contribution in [-0.4, -0.2) is 21.3 Å². The number of H-pyrrole nitrogens is 1. The summed E-state index contributed by atoms with van der Waals surface area (Å²) in [6, 6.07) is 3.20. The van der Waals surface area contributed by atoms with E-state index in [4.69, 9.17) is 4.52 Å². The molecule has 2 rings (SSSR count). The normalized spacial score (nSPS) is 10.1. The van der Waals surface area contributed by atoms with Crippen LogP contribution >= 0.6 is 0 Å². The molecular formula is C8H8N4O2. The molecular weight excluding hydrogens is 184 g/mol. The van der Waals surface area contributed by atoms with Crippen molar-refractivity contribution in [1.29, 1.82) is 0 Å². The first kappa shape index (κ1) is 8.49. The van der Waals surface area contributed by atoms with Crippen molar-refractivity contribution >= 4 is 11.7 Å². The van der Waals surface area contributed by atoms with Gasteiger partial charge in [0.25, 0.3) is 5.91 Å². The molecule has 6 nitrogen and oxygen atoms in total. The van der Waals surface area contributed by atoms with Gasteiger partial charge >= 0.3 is 0 Å². The molecule has 0 spiro atoms. The lowest BCUT2D eigenvalue weighted by molar-refractivity contribution is 0.101. The van der Waals surface area contributed by atoms with E-state index < -0.39 is 0 Å². The Balaban J connectivity index is 2.10. The van der Waals surface area contributed by atoms with Gasteiger partial charge in [-0.15, -0.1) is 0 Å². The van der Waals surface area contributed by atoms with Gasteiger partial charge in [-0.1, -0.05) is 5.16 Å². The molecule has 0 saturated heterocycles. The number of hydrogen-bond donors (Lipinski definition) is 2. The first-order valence-corrected chi connectivity index (χ1v) is 4.00. The van der Waals surface area contributed by atoms with E-state index in [2.05, 4.69) is 20.7 Å². The van der Waals surface area contributed by atoms with Crippen molar-refractivity contribution in [3.05, 3.63) is 29.8 Å². The van der Waals surface area contributed by atoms with Crippen LogP contribution < -0.4 is 5.32 Å². The molecule has 0 radical (unpaired) electrons. The van der Waals surface area contributed by atoms with Crippen LogP contribution in [0, 0.1) is 6.92 Å². The quantitative estimate of drug-likeness (QED) is 0.742. The zero-order valence-corrected chi connectivity index (χ0v) is 7.44. The summed E-state index contributed by atoms with van der Waals surface area (Å²) in [5.41, 5.74) is 0.247. The number of anilines is 1. The van der Waals surface area contributed by atoms with Crippen LogP contribution in [0.15, 0.2) is 22.9 Å². The molecule has 2 N–H and O–H groups in total. The van der Waals surface area contributed by atoms with Crippen molar-refractivity contribution < 1.29 is 9.32 Å². The third-order valence-corrected chi connectivity index (χ3v) is 1.61. The highest BCUT2D eigenvalue weighted by atomic mass is 16.5. The van der Waals surface area contributed by atoms with E-state index in [1.165, 1.54) is 0 Å². The van der Waals surface area contributed by atoms with Crippen LogP contribution in [0.3, 0.4) is 0 Å². The van der Waals surface area contributed by atoms with Gasteiger partial charge in [-0.25, -0.2) is 0 Å². The molecule has 0 aliphatic rings. The van der Waals surface area contributed by atoms with Crippen LogP contribution in [0.5, 0.6) is 0 Å². The van der Waals surface area contributed by atoms with E-state index >= 15 is 0 Å². The predicted molar refractivity (Wildman–Crippen MR) is 47.8 cm³/mol. The van der Waals surface area contributed by atoms with Gasteiger partial charge in [0, 0.05) is 12.1 Å². The third-order valence-electron chi connectivity index (χ3n) is 1.61. The highest BCUT2D eigenvalue weighted by Crippen LogP contribution is 2.05. The number of nitrogens with zero attached hydrogens (tertiary/aromatic N) is 2. The van der Waals surface area contributed by atoms with Crippen molar-refractivity contribution in [3.63, 3.8) is 0 Å². The molecule has 0 aromatic carbocycles. The summed E-state index contributed by atoms with van der Waals surface area (Å²) in [5, 5.41) is 12.4. The first-order valence-electron chi connectivity index (χ1n) is 4.00. The maximum Gasteiger partial charge on any atom is 0.278 e. The smallest absolute Gasteiger partial charge is 0.278 e. The minimum absolute atomic E-state index is 0.247. The van der Waals surface area contributed by atoms with Crippen LogP contribution in [0.25, 0.3) is 0 Å². The summed E-state index contributed by atoms with van der Waals surface area (Å²) in [5.74, 6) is 0.793. The number of aromatic nitrogens is 3. The second-order valence-electron chi connectivity index (χ2n) is 2.75. The van der Waals surface area contributed by atoms with Crippen LogP contribution in [-0.2, 0) is 0 Å². The van der Waals surface area contributed by atoms with E-state index in [-0.39, 0.29) is 11.6 Å². The molecule has 0 atom stereocenters. The average molecular weight is 192 g/mol. The number of carbonyl (C=O) groups is 1. The first-order chi connectivity index (χ1) is 6.75. The molecule has 2 aromatic heterocycles. The fourth-order valence-corrected chi connectivity index (χ4v) is 0.985. The summed E-state index contributed by atoms with van der Waals surface area (Å²) >= 11 is 0. The van der Waals surface area contributed by atoms with Gasteiger partial charge in [-0.2, -0.15) is 5.10 Å². The zero-order chi connectivity index (χ0) is 9.97. The highest BCUT2D eigenvalue weighted by molar-refractivity contribution is 6.02. The summed E-state index contributed by atoms with van der Waals surface area (Å²) in [6.07, 6.45) is 1.55. The Kier molecular flexibility index (Phi) is 2.02. The molecule has 0 unspecified atom stereocenters. The number of amides is 1. The summed E-state index contributed by atoms with van der Waals surface area (Å²) < 4.78 is 4.77. The van der Waals surface area contributed by atoms with E-state index in [0.29, 0.717) is 11.6 Å². The number of aryl methyl sites for hydroxylation is 1. The van der Waals surface area contributed by atoms with Gasteiger partial charge in [-0.3, -0.25) is 9.89 Å². The Labute approximate surface area is 79.3 Å². The summed E-state index contributed by atoms with van der Waals surface area (Å²) in [7, 11) is 0. The SMILES string of the molecule is Cc1cc(C(=O)Nc2ccn[nH]2)no1. The average Bonchev–Trinajstić information content (AvgIpc) is 2.75. The second kappa shape index (κ2) is 3.33. The van der Waals surface area contributed by atoms with E-state index in [0.717, 1.165) is 0 Å². The van der Waals surface area contributed by atoms with Gasteiger partial charge in [0.05, 0.1) is 6.20 Å². The number of rotatable bonds is 2. The molecule has 2 heterocycles. The molecule has 0 fully saturated rings. The van der Waals surface area contributed by atoms with E-state index in [9.17, 15) is 4.79 Å². The van der Waals surface area contributed by atoms with Crippen molar-refractivity contribution in [3.8, 4) is 0 Å². The molecule has 0 aliphatic carbocycles. The van der Waals surface area contributed by atoms with Gasteiger partial charge in [-0.05, 0) is 6.92 Å². The number of carbonyl (C=O) groups excluding carboxylic acids is 1. The van der Waals surface area contributed by atoms with Crippen molar-refractivity contribution in [2.24, 2.45) is 0 Å². The fraction of sp³-hybridized carbons (Fsp3) is 0.125. The van der Waals surface area contributed by atoms with Gasteiger partial charge < -0.3 is 9.84 Å². The molecule has 0 aliphatic heterocycles. The van der Waals surface area contributed by atoms with Gasteiger partial charge in [0.15, 0.2) is 5.69 Å². The van der Waals surface area contributed by atoms with Crippen LogP contribution in [0.2, 0.25) is 0 Å². The molecule has 1 amide bonds. The van der Waals surface area contributed by atoms with Crippen LogP contribution in [0.4, 0.5) is 5.82 Å². The minimum Gasteiger partial charge on any atom is -0.361 e. The van der Waals surface area contributed by atoms with E-state index in [1.54, 1.807) is 25.3 Å². The minimum atomic E-state index is -0.328. The van der Waals surface area contributed by atoms with Crippen LogP contribution in [0.1, 0.15) is 16.2 Å². The Bertz CT molecular complexity index is 432. The van der Waals surface area contributed by atoms with Gasteiger partial charge in [0.1, 0.15) is 11.6 Å². The number of hydrogen-bond acceptors (Lipinski definition) is 4. The zero-order valence-electron chi connectivity index (χ0n) is 7.44. The molecule has 72 valence electrons. The lowest BCUT2D eigenvalue weighted by atomic mass is 10.3. The Morgan fingerprint density at radius 1 is 1.64 bits per heavy atom. The second-order valence-corrected chi connectivity index (χ2v) is 2.75. The monoisotopic (exact) mass is 192 g/mol. The van der Waals surface area contributed by atoms with E-state index in [1.807, 2.05) is 0 Å². The highest BCUT2D eigenvalue weighted by Gasteiger charge is 2.10. The molecule has 0 saturated carbocycles. The lowest BCUT2D eigenvalue weighted by Crippen LogP contribution is -2.12. The standard InChI is InChI=1S/C8H8N4O2/c1-5-4-6(12-14-5)8(13)10-7-2-3-9-11-7/h2-4H,1H3,(H2,9,10,11,13). The third kappa shape index (κ3) is 1.63. The maximum absolute atomic E-state index is 11.4. The molecule has 0 bridgehead atoms. The Morgan fingerprint density at radius 2 is 2.50 bits per heavy atom. The van der Waals surface area contributed by atoms with Crippen molar-refractivity contribution in [2.75, 3.05) is 5.32 Å². The maximum atomic E-state index is 11.4. The van der Waals surface area contributed by atoms with Crippen molar-refractivity contribution in [2.45, 2.75) is 6.92 Å². The summed E-state index contributed by atoms with van der Waals surface area (Å²) in [6.45, 7) is 1.72. The molecule has 2 aromatic rings. The lowest BCUT2D eigenvalue weighted by Gasteiger charge is -1.96. The fourth-order valence-electron chi connectivity index (χ4n) is 0.985. The van der Waals surface area contributed by atoms with Crippen molar-refractivity contribution in [1.82, 2.24) is 15.4 Å². The molecule has 6 heteroatoms. The predicted octanol–water partition coefficient (Wildman–Crippen LogP) is 0.958. The van der Waals surface area contributed by atoms with Gasteiger partial charge in [0.2, 0.25) is 0 Å². The number of nitrogens with one attached hydrogen (secondary N) is 2. The summed E-state index contributed by atoms with van der Waals surface area (Å²) in [4.78, 5) is 11.4. The largest absolute Gasteiger partial charge is 0.361 e.